The molecule has 6 heteroatoms. The maximum Gasteiger partial charge on any atom is 0.0701 e. The van der Waals surface area contributed by atoms with E-state index in [1.807, 2.05) is 5.96 Å². The van der Waals surface area contributed by atoms with Gasteiger partial charge in [0.1, 0.15) is 0 Å². The molecule has 0 rings (SSSR count). The molecule has 0 aliphatic heterocycles. The van der Waals surface area contributed by atoms with Crippen molar-refractivity contribution < 1.29 is 18.9 Å². The highest BCUT2D eigenvalue weighted by molar-refractivity contribution is 7.71. The van der Waals surface area contributed by atoms with E-state index in [1.165, 1.54) is 12.8 Å². The lowest BCUT2D eigenvalue weighted by atomic mass is 10.3. The molecule has 0 unspecified atom stereocenters. The van der Waals surface area contributed by atoms with E-state index < -0.39 is 0 Å². The minimum Gasteiger partial charge on any atom is -0.379 e. The predicted octanol–water partition coefficient (Wildman–Crippen LogP) is 3.01. The molecule has 0 atom stereocenters. The Morgan fingerprint density at radius 1 is 0.727 bits per heavy atom. The Hall–Kier alpha value is -0.0600. The number of rotatable bonds is 17. The van der Waals surface area contributed by atoms with Crippen LogP contribution in [-0.2, 0) is 18.9 Å². The summed E-state index contributed by atoms with van der Waals surface area (Å²) >= 11 is 0. The molecule has 0 saturated carbocycles. The Morgan fingerprint density at radius 2 is 1.23 bits per heavy atom. The zero-order valence-corrected chi connectivity index (χ0v) is 15.5. The Kier molecular flexibility index (Phi) is 18.9. The smallest absolute Gasteiger partial charge is 0.0701 e. The molecule has 0 radical (unpaired) electrons. The molecule has 0 aromatic rings. The maximum atomic E-state index is 5.45. The zero-order chi connectivity index (χ0) is 16.3. The van der Waals surface area contributed by atoms with Gasteiger partial charge in [-0.25, -0.2) is 0 Å². The minimum atomic E-state index is -0.0388. The van der Waals surface area contributed by atoms with Gasteiger partial charge in [0.05, 0.1) is 52.8 Å². The molecule has 5 nitrogen and oxygen atoms in total. The molecule has 0 saturated heterocycles. The van der Waals surface area contributed by atoms with Crippen LogP contribution in [0.4, 0.5) is 0 Å². The zero-order valence-electron chi connectivity index (χ0n) is 14.6. The number of ether oxygens (including phenoxy) is 4. The molecule has 0 aromatic carbocycles. The summed E-state index contributed by atoms with van der Waals surface area (Å²) in [6.45, 7) is 12.5. The molecular formula is C16H34NO4P. The van der Waals surface area contributed by atoms with E-state index in [1.54, 1.807) is 0 Å². The van der Waals surface area contributed by atoms with Gasteiger partial charge in [0.25, 0.3) is 0 Å². The van der Waals surface area contributed by atoms with Crippen LogP contribution in [0.25, 0.3) is 0 Å². The average molecular weight is 335 g/mol. The van der Waals surface area contributed by atoms with E-state index in [-0.39, 0.29) is 7.92 Å². The monoisotopic (exact) mass is 335 g/mol. The van der Waals surface area contributed by atoms with Crippen molar-refractivity contribution in [2.75, 3.05) is 72.7 Å². The van der Waals surface area contributed by atoms with Gasteiger partial charge in [-0.15, -0.1) is 0 Å². The maximum absolute atomic E-state index is 5.45. The molecule has 0 aliphatic rings. The van der Waals surface area contributed by atoms with Gasteiger partial charge in [0.2, 0.25) is 0 Å². The molecule has 0 bridgehead atoms. The fourth-order valence-corrected chi connectivity index (χ4v) is 2.00. The SMILES string of the molecule is CCCCCOCCOCCOCCOCCN=CP(C)C. The van der Waals surface area contributed by atoms with Crippen molar-refractivity contribution in [1.29, 1.82) is 0 Å². The van der Waals surface area contributed by atoms with E-state index in [2.05, 4.69) is 25.2 Å². The Labute approximate surface area is 137 Å². The quantitative estimate of drug-likeness (QED) is 0.233. The van der Waals surface area contributed by atoms with Gasteiger partial charge in [-0.2, -0.15) is 0 Å². The first-order valence-corrected chi connectivity index (χ1v) is 10.5. The van der Waals surface area contributed by atoms with Crippen molar-refractivity contribution in [3.05, 3.63) is 0 Å². The first kappa shape index (κ1) is 21.9. The predicted molar refractivity (Wildman–Crippen MR) is 94.9 cm³/mol. The number of aliphatic imine (C=N–C) groups is 1. The molecule has 0 spiro atoms. The van der Waals surface area contributed by atoms with Crippen molar-refractivity contribution in [3.63, 3.8) is 0 Å². The van der Waals surface area contributed by atoms with Gasteiger partial charge in [0, 0.05) is 12.6 Å². The summed E-state index contributed by atoms with van der Waals surface area (Å²) in [5.41, 5.74) is 0. The summed E-state index contributed by atoms with van der Waals surface area (Å²) in [6, 6.07) is 0. The molecule has 0 heterocycles. The van der Waals surface area contributed by atoms with Crippen molar-refractivity contribution in [2.24, 2.45) is 4.99 Å². The summed E-state index contributed by atoms with van der Waals surface area (Å²) in [4.78, 5) is 4.28. The minimum absolute atomic E-state index is 0.0388. The Bertz CT molecular complexity index is 240. The summed E-state index contributed by atoms with van der Waals surface area (Å²) in [5, 5.41) is 0. The Balaban J connectivity index is 3.00. The lowest BCUT2D eigenvalue weighted by molar-refractivity contribution is -0.00129. The van der Waals surface area contributed by atoms with Gasteiger partial charge in [-0.05, 0) is 19.8 Å². The van der Waals surface area contributed by atoms with Crippen molar-refractivity contribution in [2.45, 2.75) is 26.2 Å². The van der Waals surface area contributed by atoms with Gasteiger partial charge in [-0.1, -0.05) is 27.7 Å². The van der Waals surface area contributed by atoms with E-state index in [0.29, 0.717) is 46.2 Å². The fraction of sp³-hybridized carbons (Fsp3) is 0.938. The van der Waals surface area contributed by atoms with Crippen LogP contribution in [0.15, 0.2) is 4.99 Å². The van der Waals surface area contributed by atoms with Crippen LogP contribution in [0.3, 0.4) is 0 Å². The molecule has 132 valence electrons. The van der Waals surface area contributed by atoms with E-state index in [9.17, 15) is 0 Å². The number of hydrogen-bond acceptors (Lipinski definition) is 5. The van der Waals surface area contributed by atoms with Crippen LogP contribution < -0.4 is 0 Å². The second kappa shape index (κ2) is 19.0. The molecule has 0 aromatic heterocycles. The third kappa shape index (κ3) is 19.9. The molecule has 0 aliphatic carbocycles. The molecule has 0 fully saturated rings. The van der Waals surface area contributed by atoms with Gasteiger partial charge in [-0.3, -0.25) is 4.99 Å². The lowest BCUT2D eigenvalue weighted by Gasteiger charge is -2.07. The van der Waals surface area contributed by atoms with Crippen LogP contribution in [0.1, 0.15) is 26.2 Å². The fourth-order valence-electron chi connectivity index (χ4n) is 1.55. The van der Waals surface area contributed by atoms with Crippen molar-refractivity contribution >= 4 is 13.9 Å². The molecular weight excluding hydrogens is 301 g/mol. The largest absolute Gasteiger partial charge is 0.379 e. The van der Waals surface area contributed by atoms with E-state index >= 15 is 0 Å². The second-order valence-electron chi connectivity index (χ2n) is 5.14. The highest BCUT2D eigenvalue weighted by Crippen LogP contribution is 2.18. The van der Waals surface area contributed by atoms with Crippen molar-refractivity contribution in [1.82, 2.24) is 0 Å². The molecule has 0 amide bonds. The van der Waals surface area contributed by atoms with Crippen LogP contribution in [0.5, 0.6) is 0 Å². The number of unbranched alkanes of at least 4 members (excludes halogenated alkanes) is 2. The van der Waals surface area contributed by atoms with Gasteiger partial charge in [0.15, 0.2) is 0 Å². The highest BCUT2D eigenvalue weighted by Gasteiger charge is 1.93. The first-order chi connectivity index (χ1) is 10.8. The first-order valence-electron chi connectivity index (χ1n) is 8.24. The highest BCUT2D eigenvalue weighted by atomic mass is 31.1. The summed E-state index contributed by atoms with van der Waals surface area (Å²) < 4.78 is 21.7. The van der Waals surface area contributed by atoms with Crippen LogP contribution in [-0.4, -0.2) is 78.7 Å². The third-order valence-electron chi connectivity index (χ3n) is 2.69. The molecule has 22 heavy (non-hydrogen) atoms. The average Bonchev–Trinajstić information content (AvgIpc) is 2.50. The lowest BCUT2D eigenvalue weighted by Crippen LogP contribution is -2.12. The standard InChI is InChI=1S/C16H34NO4P/c1-4-5-6-8-18-10-12-20-14-15-21-13-11-19-9-7-17-16-22(2)3/h16H,4-15H2,1-3H3. The molecule has 0 N–H and O–H groups in total. The van der Waals surface area contributed by atoms with Crippen LogP contribution >= 0.6 is 7.92 Å². The van der Waals surface area contributed by atoms with E-state index in [0.717, 1.165) is 19.6 Å². The number of nitrogens with zero attached hydrogens (tertiary/aromatic N) is 1. The van der Waals surface area contributed by atoms with Gasteiger partial charge >= 0.3 is 0 Å². The Morgan fingerprint density at radius 3 is 1.73 bits per heavy atom. The third-order valence-corrected chi connectivity index (χ3v) is 3.31. The second-order valence-corrected chi connectivity index (χ2v) is 7.30. The summed E-state index contributed by atoms with van der Waals surface area (Å²) in [7, 11) is -0.0388. The van der Waals surface area contributed by atoms with Crippen LogP contribution in [0, 0.1) is 0 Å². The van der Waals surface area contributed by atoms with E-state index in [4.69, 9.17) is 18.9 Å². The topological polar surface area (TPSA) is 49.3 Å². The van der Waals surface area contributed by atoms with Gasteiger partial charge < -0.3 is 18.9 Å². The van der Waals surface area contributed by atoms with Crippen LogP contribution in [0.2, 0.25) is 0 Å². The summed E-state index contributed by atoms with van der Waals surface area (Å²) in [5.74, 6) is 2.01. The number of hydrogen-bond donors (Lipinski definition) is 0. The normalized spacial score (nSPS) is 11.8. The summed E-state index contributed by atoms with van der Waals surface area (Å²) in [6.07, 6.45) is 3.61. The van der Waals surface area contributed by atoms with Crippen molar-refractivity contribution in [3.8, 4) is 0 Å².